The van der Waals surface area contributed by atoms with E-state index in [1.165, 1.54) is 4.90 Å². The molecule has 0 spiro atoms. The number of hydrogen-bond donors (Lipinski definition) is 2. The van der Waals surface area contributed by atoms with Gasteiger partial charge < -0.3 is 15.1 Å². The lowest BCUT2D eigenvalue weighted by Gasteiger charge is -2.48. The Kier molecular flexibility index (Phi) is 3.32. The van der Waals surface area contributed by atoms with E-state index in [2.05, 4.69) is 9.80 Å². The molecule has 2 aliphatic rings. The van der Waals surface area contributed by atoms with Gasteiger partial charge in [0.05, 0.1) is 6.61 Å². The fourth-order valence-electron chi connectivity index (χ4n) is 2.57. The fraction of sp³-hybridized carbons (Fsp3) is 0.900. The van der Waals surface area contributed by atoms with Gasteiger partial charge in [-0.25, -0.2) is 4.79 Å². The van der Waals surface area contributed by atoms with Crippen LogP contribution in [0.25, 0.3) is 0 Å². The largest absolute Gasteiger partial charge is 0.465 e. The van der Waals surface area contributed by atoms with Crippen molar-refractivity contribution >= 4 is 6.09 Å². The second-order valence-corrected chi connectivity index (χ2v) is 4.65. The molecule has 0 bridgehead atoms. The lowest BCUT2D eigenvalue weighted by atomic mass is 10.0. The maximum atomic E-state index is 10.9. The number of amides is 1. The van der Waals surface area contributed by atoms with Gasteiger partial charge in [-0.05, 0) is 7.05 Å². The second kappa shape index (κ2) is 4.57. The lowest BCUT2D eigenvalue weighted by Crippen LogP contribution is -2.65. The van der Waals surface area contributed by atoms with E-state index in [1.54, 1.807) is 0 Å². The smallest absolute Gasteiger partial charge is 0.407 e. The topological polar surface area (TPSA) is 67.2 Å². The number of nitrogens with zero attached hydrogens (tertiary/aromatic N) is 3. The van der Waals surface area contributed by atoms with Gasteiger partial charge in [0.1, 0.15) is 0 Å². The Morgan fingerprint density at radius 2 is 2.06 bits per heavy atom. The molecule has 0 aromatic rings. The van der Waals surface area contributed by atoms with Crippen LogP contribution in [0.1, 0.15) is 0 Å². The molecule has 16 heavy (non-hydrogen) atoms. The molecular weight excluding hydrogens is 210 g/mol. The zero-order chi connectivity index (χ0) is 11.7. The van der Waals surface area contributed by atoms with Crippen molar-refractivity contribution in [3.63, 3.8) is 0 Å². The van der Waals surface area contributed by atoms with E-state index in [-0.39, 0.29) is 18.7 Å². The Morgan fingerprint density at radius 3 is 2.69 bits per heavy atom. The molecule has 0 aliphatic carbocycles. The Balaban J connectivity index is 1.98. The van der Waals surface area contributed by atoms with Gasteiger partial charge in [-0.15, -0.1) is 0 Å². The zero-order valence-corrected chi connectivity index (χ0v) is 9.54. The third-order valence-electron chi connectivity index (χ3n) is 3.65. The van der Waals surface area contributed by atoms with E-state index in [9.17, 15) is 9.90 Å². The molecular formula is C10H19N3O3. The number of piperazine rings is 2. The van der Waals surface area contributed by atoms with Gasteiger partial charge in [0.15, 0.2) is 0 Å². The predicted octanol–water partition coefficient (Wildman–Crippen LogP) is -1.04. The SMILES string of the molecule is CN1CC2CN(C(=O)O)CCN2C[C@H]1CO. The summed E-state index contributed by atoms with van der Waals surface area (Å²) in [6.07, 6.45) is -0.827. The molecule has 6 heteroatoms. The molecule has 2 heterocycles. The highest BCUT2D eigenvalue weighted by Crippen LogP contribution is 2.18. The van der Waals surface area contributed by atoms with Crippen LogP contribution in [0.3, 0.4) is 0 Å². The number of carbonyl (C=O) groups is 1. The van der Waals surface area contributed by atoms with Gasteiger partial charge in [0.25, 0.3) is 0 Å². The summed E-state index contributed by atoms with van der Waals surface area (Å²) in [5, 5.41) is 18.2. The number of hydrogen-bond acceptors (Lipinski definition) is 4. The molecule has 2 rings (SSSR count). The maximum absolute atomic E-state index is 10.9. The summed E-state index contributed by atoms with van der Waals surface area (Å²) in [6.45, 7) is 3.77. The molecule has 6 nitrogen and oxygen atoms in total. The Hall–Kier alpha value is -0.850. The van der Waals surface area contributed by atoms with Crippen LogP contribution in [0, 0.1) is 0 Å². The number of aliphatic hydroxyl groups is 1. The normalized spacial score (nSPS) is 32.5. The minimum absolute atomic E-state index is 0.169. The highest BCUT2D eigenvalue weighted by atomic mass is 16.4. The third-order valence-corrected chi connectivity index (χ3v) is 3.65. The van der Waals surface area contributed by atoms with Crippen LogP contribution in [-0.4, -0.2) is 89.5 Å². The molecule has 2 aliphatic heterocycles. The van der Waals surface area contributed by atoms with Crippen molar-refractivity contribution in [2.45, 2.75) is 12.1 Å². The van der Waals surface area contributed by atoms with E-state index in [0.717, 1.165) is 19.6 Å². The summed E-state index contributed by atoms with van der Waals surface area (Å²) < 4.78 is 0. The molecule has 0 saturated carbocycles. The van der Waals surface area contributed by atoms with Crippen LogP contribution in [-0.2, 0) is 0 Å². The van der Waals surface area contributed by atoms with Crippen molar-refractivity contribution in [3.8, 4) is 0 Å². The van der Waals surface area contributed by atoms with Crippen molar-refractivity contribution < 1.29 is 15.0 Å². The molecule has 2 saturated heterocycles. The molecule has 92 valence electrons. The van der Waals surface area contributed by atoms with Crippen LogP contribution in [0.2, 0.25) is 0 Å². The summed E-state index contributed by atoms with van der Waals surface area (Å²) in [5.74, 6) is 0. The van der Waals surface area contributed by atoms with Crippen molar-refractivity contribution in [2.24, 2.45) is 0 Å². The molecule has 1 unspecified atom stereocenters. The van der Waals surface area contributed by atoms with Crippen molar-refractivity contribution in [2.75, 3.05) is 46.4 Å². The van der Waals surface area contributed by atoms with E-state index in [0.29, 0.717) is 13.1 Å². The van der Waals surface area contributed by atoms with Gasteiger partial charge in [0, 0.05) is 44.8 Å². The van der Waals surface area contributed by atoms with E-state index < -0.39 is 6.09 Å². The van der Waals surface area contributed by atoms with E-state index in [1.807, 2.05) is 7.05 Å². The summed E-state index contributed by atoms with van der Waals surface area (Å²) in [7, 11) is 1.98. The van der Waals surface area contributed by atoms with Crippen LogP contribution in [0.15, 0.2) is 0 Å². The fourth-order valence-corrected chi connectivity index (χ4v) is 2.57. The highest BCUT2D eigenvalue weighted by molar-refractivity contribution is 5.65. The molecule has 2 N–H and O–H groups in total. The minimum atomic E-state index is -0.827. The van der Waals surface area contributed by atoms with Crippen LogP contribution in [0.4, 0.5) is 4.79 Å². The Labute approximate surface area is 95.0 Å². The van der Waals surface area contributed by atoms with Gasteiger partial charge in [-0.1, -0.05) is 0 Å². The van der Waals surface area contributed by atoms with Gasteiger partial charge in [-0.2, -0.15) is 0 Å². The van der Waals surface area contributed by atoms with Crippen LogP contribution >= 0.6 is 0 Å². The molecule has 0 radical (unpaired) electrons. The lowest BCUT2D eigenvalue weighted by molar-refractivity contribution is -0.0180. The quantitative estimate of drug-likeness (QED) is 0.601. The number of carboxylic acid groups (broad SMARTS) is 1. The van der Waals surface area contributed by atoms with Crippen LogP contribution < -0.4 is 0 Å². The van der Waals surface area contributed by atoms with Crippen LogP contribution in [0.5, 0.6) is 0 Å². The molecule has 2 fully saturated rings. The van der Waals surface area contributed by atoms with Gasteiger partial charge >= 0.3 is 6.09 Å². The highest BCUT2D eigenvalue weighted by Gasteiger charge is 2.36. The number of aliphatic hydroxyl groups excluding tert-OH is 1. The zero-order valence-electron chi connectivity index (χ0n) is 9.54. The minimum Gasteiger partial charge on any atom is -0.465 e. The summed E-state index contributed by atoms with van der Waals surface area (Å²) in [5.41, 5.74) is 0. The summed E-state index contributed by atoms with van der Waals surface area (Å²) >= 11 is 0. The van der Waals surface area contributed by atoms with Crippen molar-refractivity contribution in [1.29, 1.82) is 0 Å². The van der Waals surface area contributed by atoms with Gasteiger partial charge in [-0.3, -0.25) is 9.80 Å². The first-order valence-corrected chi connectivity index (χ1v) is 5.65. The van der Waals surface area contributed by atoms with E-state index in [4.69, 9.17) is 5.11 Å². The molecule has 0 aromatic heterocycles. The average Bonchev–Trinajstić information content (AvgIpc) is 2.27. The first kappa shape index (κ1) is 11.6. The monoisotopic (exact) mass is 229 g/mol. The van der Waals surface area contributed by atoms with Gasteiger partial charge in [0.2, 0.25) is 0 Å². The predicted molar refractivity (Wildman–Crippen MR) is 58.5 cm³/mol. The standard InChI is InChI=1S/C10H19N3O3/c1-11-4-8-5-13(10(15)16)3-2-12(8)6-9(11)7-14/h8-9,14H,2-7H2,1H3,(H,15,16)/t8?,9-/m0/s1. The molecule has 2 atom stereocenters. The van der Waals surface area contributed by atoms with Crippen molar-refractivity contribution in [1.82, 2.24) is 14.7 Å². The number of likely N-dealkylation sites (N-methyl/N-ethyl adjacent to an activating group) is 1. The Morgan fingerprint density at radius 1 is 1.31 bits per heavy atom. The van der Waals surface area contributed by atoms with E-state index >= 15 is 0 Å². The number of rotatable bonds is 1. The summed E-state index contributed by atoms with van der Waals surface area (Å²) in [6, 6.07) is 0.463. The molecule has 1 amide bonds. The Bertz CT molecular complexity index is 274. The van der Waals surface area contributed by atoms with Crippen molar-refractivity contribution in [3.05, 3.63) is 0 Å². The first-order valence-electron chi connectivity index (χ1n) is 5.65. The maximum Gasteiger partial charge on any atom is 0.407 e. The summed E-state index contributed by atoms with van der Waals surface area (Å²) in [4.78, 5) is 16.8. The number of fused-ring (bicyclic) bond motifs is 1. The molecule has 0 aromatic carbocycles. The second-order valence-electron chi connectivity index (χ2n) is 4.65. The average molecular weight is 229 g/mol. The third kappa shape index (κ3) is 2.14. The first-order chi connectivity index (χ1) is 7.61.